The van der Waals surface area contributed by atoms with Gasteiger partial charge in [-0.25, -0.2) is 0 Å². The molecule has 2 nitrogen and oxygen atoms in total. The monoisotopic (exact) mass is 189 g/mol. The van der Waals surface area contributed by atoms with Crippen molar-refractivity contribution in [2.75, 3.05) is 25.2 Å². The smallest absolute Gasteiger partial charge is 0.0615 e. The van der Waals surface area contributed by atoms with E-state index in [4.69, 9.17) is 4.74 Å². The molecule has 0 radical (unpaired) electrons. The van der Waals surface area contributed by atoms with Crippen LogP contribution >= 0.6 is 11.8 Å². The molecule has 0 unspecified atom stereocenters. The molecule has 1 rings (SSSR count). The molecule has 1 aliphatic rings. The summed E-state index contributed by atoms with van der Waals surface area (Å²) in [5, 5.41) is 3.62. The topological polar surface area (TPSA) is 21.3 Å². The van der Waals surface area contributed by atoms with E-state index in [9.17, 15) is 0 Å². The third-order valence-corrected chi connectivity index (χ3v) is 3.42. The molecule has 0 aliphatic carbocycles. The maximum absolute atomic E-state index is 5.14. The Hall–Kier alpha value is 0.270. The standard InChI is InChI=1S/C9H19NOS/c1-3-8(6-11-2)10-9-4-5-12-7-9/h8-10H,3-7H2,1-2H3/t8-,9+/m1/s1. The summed E-state index contributed by atoms with van der Waals surface area (Å²) in [6.45, 7) is 3.05. The van der Waals surface area contributed by atoms with Crippen molar-refractivity contribution in [2.45, 2.75) is 31.8 Å². The van der Waals surface area contributed by atoms with E-state index >= 15 is 0 Å². The predicted octanol–water partition coefficient (Wildman–Crippen LogP) is 1.51. The fourth-order valence-electron chi connectivity index (χ4n) is 1.48. The van der Waals surface area contributed by atoms with Gasteiger partial charge in [0.05, 0.1) is 6.61 Å². The first-order chi connectivity index (χ1) is 5.86. The lowest BCUT2D eigenvalue weighted by atomic mass is 10.2. The quantitative estimate of drug-likeness (QED) is 0.708. The van der Waals surface area contributed by atoms with Crippen LogP contribution in [0.1, 0.15) is 19.8 Å². The molecule has 1 saturated heterocycles. The second-order valence-electron chi connectivity index (χ2n) is 3.29. The van der Waals surface area contributed by atoms with Gasteiger partial charge >= 0.3 is 0 Å². The Morgan fingerprint density at radius 3 is 3.00 bits per heavy atom. The van der Waals surface area contributed by atoms with Gasteiger partial charge in [-0.2, -0.15) is 11.8 Å². The van der Waals surface area contributed by atoms with Crippen LogP contribution < -0.4 is 5.32 Å². The Morgan fingerprint density at radius 1 is 1.67 bits per heavy atom. The van der Waals surface area contributed by atoms with Gasteiger partial charge in [0.1, 0.15) is 0 Å². The lowest BCUT2D eigenvalue weighted by Gasteiger charge is -2.20. The molecule has 0 amide bonds. The Balaban J connectivity index is 2.16. The molecule has 0 saturated carbocycles. The second kappa shape index (κ2) is 5.84. The minimum atomic E-state index is 0.554. The van der Waals surface area contributed by atoms with E-state index in [1.807, 2.05) is 11.8 Å². The molecule has 1 aliphatic heterocycles. The zero-order chi connectivity index (χ0) is 8.81. The summed E-state index contributed by atoms with van der Waals surface area (Å²) in [4.78, 5) is 0. The van der Waals surface area contributed by atoms with Crippen LogP contribution in [0.5, 0.6) is 0 Å². The first kappa shape index (κ1) is 10.4. The van der Waals surface area contributed by atoms with Gasteiger partial charge in [0.2, 0.25) is 0 Å². The summed E-state index contributed by atoms with van der Waals surface area (Å²) in [6, 6.07) is 1.29. The molecule has 1 fully saturated rings. The summed E-state index contributed by atoms with van der Waals surface area (Å²) >= 11 is 2.05. The van der Waals surface area contributed by atoms with Gasteiger partial charge in [-0.15, -0.1) is 0 Å². The van der Waals surface area contributed by atoms with Gasteiger partial charge in [-0.3, -0.25) is 0 Å². The lowest BCUT2D eigenvalue weighted by Crippen LogP contribution is -2.40. The summed E-state index contributed by atoms with van der Waals surface area (Å²) in [6.07, 6.45) is 2.49. The Kier molecular flexibility index (Phi) is 5.04. The molecule has 0 aromatic rings. The van der Waals surface area contributed by atoms with Crippen LogP contribution in [0, 0.1) is 0 Å². The van der Waals surface area contributed by atoms with Crippen molar-refractivity contribution >= 4 is 11.8 Å². The third-order valence-electron chi connectivity index (χ3n) is 2.26. The van der Waals surface area contributed by atoms with Gasteiger partial charge < -0.3 is 10.1 Å². The zero-order valence-corrected chi connectivity index (χ0v) is 8.82. The summed E-state index contributed by atoms with van der Waals surface area (Å²) < 4.78 is 5.14. The van der Waals surface area contributed by atoms with E-state index in [2.05, 4.69) is 12.2 Å². The maximum Gasteiger partial charge on any atom is 0.0615 e. The maximum atomic E-state index is 5.14. The number of rotatable bonds is 5. The first-order valence-corrected chi connectivity index (χ1v) is 5.85. The van der Waals surface area contributed by atoms with Gasteiger partial charge in [-0.1, -0.05) is 6.92 Å². The molecule has 1 N–H and O–H groups in total. The first-order valence-electron chi connectivity index (χ1n) is 4.69. The predicted molar refractivity (Wildman–Crippen MR) is 54.8 cm³/mol. The average Bonchev–Trinajstić information content (AvgIpc) is 2.56. The SMILES string of the molecule is CC[C@H](COC)N[C@H]1CCSC1. The van der Waals surface area contributed by atoms with Crippen LogP contribution in [-0.2, 0) is 4.74 Å². The largest absolute Gasteiger partial charge is 0.383 e. The molecule has 0 bridgehead atoms. The fraction of sp³-hybridized carbons (Fsp3) is 1.00. The normalized spacial score (nSPS) is 26.0. The molecule has 0 aromatic carbocycles. The van der Waals surface area contributed by atoms with Crippen LogP contribution in [0.4, 0.5) is 0 Å². The molecule has 72 valence electrons. The van der Waals surface area contributed by atoms with E-state index in [1.54, 1.807) is 7.11 Å². The van der Waals surface area contributed by atoms with Gasteiger partial charge in [0, 0.05) is 24.9 Å². The third kappa shape index (κ3) is 3.33. The van der Waals surface area contributed by atoms with E-state index in [0.29, 0.717) is 6.04 Å². The number of nitrogens with one attached hydrogen (secondary N) is 1. The van der Waals surface area contributed by atoms with Gasteiger partial charge in [0.15, 0.2) is 0 Å². The Morgan fingerprint density at radius 2 is 2.50 bits per heavy atom. The van der Waals surface area contributed by atoms with E-state index < -0.39 is 0 Å². The molecule has 0 aromatic heterocycles. The molecule has 2 atom stereocenters. The minimum absolute atomic E-state index is 0.554. The van der Waals surface area contributed by atoms with Crippen molar-refractivity contribution in [2.24, 2.45) is 0 Å². The minimum Gasteiger partial charge on any atom is -0.383 e. The number of methoxy groups -OCH3 is 1. The molecular weight excluding hydrogens is 170 g/mol. The van der Waals surface area contributed by atoms with Gasteiger partial charge in [0.25, 0.3) is 0 Å². The molecule has 3 heteroatoms. The summed E-state index contributed by atoms with van der Waals surface area (Å²) in [5.74, 6) is 2.60. The number of hydrogen-bond donors (Lipinski definition) is 1. The molecule has 12 heavy (non-hydrogen) atoms. The van der Waals surface area contributed by atoms with Crippen LogP contribution in [0.25, 0.3) is 0 Å². The van der Waals surface area contributed by atoms with Crippen LogP contribution in [0.3, 0.4) is 0 Å². The van der Waals surface area contributed by atoms with E-state index in [1.165, 1.54) is 17.9 Å². The van der Waals surface area contributed by atoms with Crippen molar-refractivity contribution in [3.05, 3.63) is 0 Å². The zero-order valence-electron chi connectivity index (χ0n) is 8.01. The Labute approximate surface area is 79.4 Å². The molecular formula is C9H19NOS. The van der Waals surface area contributed by atoms with Crippen molar-refractivity contribution < 1.29 is 4.74 Å². The molecule has 0 spiro atoms. The van der Waals surface area contributed by atoms with E-state index in [-0.39, 0.29) is 0 Å². The van der Waals surface area contributed by atoms with Crippen molar-refractivity contribution in [3.63, 3.8) is 0 Å². The van der Waals surface area contributed by atoms with E-state index in [0.717, 1.165) is 19.1 Å². The van der Waals surface area contributed by atoms with Gasteiger partial charge in [-0.05, 0) is 18.6 Å². The van der Waals surface area contributed by atoms with Crippen molar-refractivity contribution in [3.8, 4) is 0 Å². The second-order valence-corrected chi connectivity index (χ2v) is 4.44. The number of ether oxygens (including phenoxy) is 1. The highest BCUT2D eigenvalue weighted by atomic mass is 32.2. The van der Waals surface area contributed by atoms with Crippen molar-refractivity contribution in [1.29, 1.82) is 0 Å². The molecule has 1 heterocycles. The fourth-order valence-corrected chi connectivity index (χ4v) is 2.65. The summed E-state index contributed by atoms with van der Waals surface area (Å²) in [7, 11) is 1.77. The Bertz CT molecular complexity index is 115. The number of hydrogen-bond acceptors (Lipinski definition) is 3. The number of thioether (sulfide) groups is 1. The lowest BCUT2D eigenvalue weighted by molar-refractivity contribution is 0.160. The average molecular weight is 189 g/mol. The highest BCUT2D eigenvalue weighted by Crippen LogP contribution is 2.17. The van der Waals surface area contributed by atoms with Crippen molar-refractivity contribution in [1.82, 2.24) is 5.32 Å². The van der Waals surface area contributed by atoms with Crippen LogP contribution in [0.15, 0.2) is 0 Å². The van der Waals surface area contributed by atoms with Crippen LogP contribution in [-0.4, -0.2) is 37.3 Å². The summed E-state index contributed by atoms with van der Waals surface area (Å²) in [5.41, 5.74) is 0. The highest BCUT2D eigenvalue weighted by Gasteiger charge is 2.17. The highest BCUT2D eigenvalue weighted by molar-refractivity contribution is 7.99. The van der Waals surface area contributed by atoms with Crippen LogP contribution in [0.2, 0.25) is 0 Å².